The van der Waals surface area contributed by atoms with Crippen molar-refractivity contribution in [3.8, 4) is 11.4 Å². The molecule has 78 valence electrons. The van der Waals surface area contributed by atoms with Crippen LogP contribution in [0.1, 0.15) is 0 Å². The van der Waals surface area contributed by atoms with Gasteiger partial charge in [-0.2, -0.15) is 0 Å². The molecule has 1 aromatic carbocycles. The first kappa shape index (κ1) is 9.47. The summed E-state index contributed by atoms with van der Waals surface area (Å²) in [5.74, 6) is 1.39. The molecule has 0 radical (unpaired) electrons. The Bertz CT molecular complexity index is 633. The summed E-state index contributed by atoms with van der Waals surface area (Å²) in [6.45, 7) is 0. The zero-order valence-electron chi connectivity index (χ0n) is 8.21. The molecule has 16 heavy (non-hydrogen) atoms. The normalized spacial score (nSPS) is 10.8. The zero-order chi connectivity index (χ0) is 11.0. The van der Waals surface area contributed by atoms with Crippen molar-refractivity contribution in [2.24, 2.45) is 0 Å². The third kappa shape index (κ3) is 1.49. The maximum atomic E-state index is 4.17. The molecule has 2 aromatic heterocycles. The van der Waals surface area contributed by atoms with Gasteiger partial charge >= 0.3 is 0 Å². The van der Waals surface area contributed by atoms with Crippen molar-refractivity contribution in [3.63, 3.8) is 0 Å². The Hall–Kier alpha value is -1.75. The summed E-state index contributed by atoms with van der Waals surface area (Å²) in [7, 11) is 0. The molecule has 0 saturated heterocycles. The average molecular weight is 275 g/mol. The van der Waals surface area contributed by atoms with Crippen LogP contribution in [0.4, 0.5) is 0 Å². The molecule has 0 unspecified atom stereocenters. The third-order valence-corrected chi connectivity index (χ3v) is 2.68. The molecule has 5 heteroatoms. The summed E-state index contributed by atoms with van der Waals surface area (Å²) in [6, 6.07) is 9.92. The molecule has 0 aliphatic heterocycles. The summed E-state index contributed by atoms with van der Waals surface area (Å²) >= 11 is 3.38. The SMILES string of the molecule is Brc1cnc2nnc(-c3ccccc3)n2c1. The topological polar surface area (TPSA) is 43.1 Å². The molecule has 0 atom stereocenters. The largest absolute Gasteiger partial charge is 0.265 e. The second-order valence-corrected chi connectivity index (χ2v) is 4.25. The van der Waals surface area contributed by atoms with Gasteiger partial charge in [-0.15, -0.1) is 10.2 Å². The number of benzene rings is 1. The van der Waals surface area contributed by atoms with Gasteiger partial charge in [0.15, 0.2) is 5.82 Å². The van der Waals surface area contributed by atoms with E-state index < -0.39 is 0 Å². The lowest BCUT2D eigenvalue weighted by Gasteiger charge is -1.99. The Morgan fingerprint density at radius 3 is 2.69 bits per heavy atom. The van der Waals surface area contributed by atoms with E-state index in [4.69, 9.17) is 0 Å². The van der Waals surface area contributed by atoms with E-state index >= 15 is 0 Å². The van der Waals surface area contributed by atoms with Crippen LogP contribution in [0.2, 0.25) is 0 Å². The molecule has 0 aliphatic rings. The summed E-state index contributed by atoms with van der Waals surface area (Å²) in [6.07, 6.45) is 3.61. The van der Waals surface area contributed by atoms with E-state index in [1.807, 2.05) is 40.9 Å². The van der Waals surface area contributed by atoms with Crippen LogP contribution in [-0.4, -0.2) is 19.6 Å². The van der Waals surface area contributed by atoms with Crippen molar-refractivity contribution in [2.75, 3.05) is 0 Å². The molecule has 3 aromatic rings. The van der Waals surface area contributed by atoms with Crippen LogP contribution in [0.25, 0.3) is 17.2 Å². The molecule has 0 aliphatic carbocycles. The number of aromatic nitrogens is 4. The van der Waals surface area contributed by atoms with Gasteiger partial charge in [-0.25, -0.2) is 4.98 Å². The Balaban J connectivity index is 2.29. The smallest absolute Gasteiger partial charge is 0.255 e. The Morgan fingerprint density at radius 1 is 1.06 bits per heavy atom. The molecule has 0 saturated carbocycles. The molecule has 0 fully saturated rings. The van der Waals surface area contributed by atoms with Crippen molar-refractivity contribution >= 4 is 21.7 Å². The Kier molecular flexibility index (Phi) is 2.18. The monoisotopic (exact) mass is 274 g/mol. The van der Waals surface area contributed by atoms with E-state index in [0.717, 1.165) is 15.9 Å². The molecule has 4 nitrogen and oxygen atoms in total. The molecule has 2 heterocycles. The first-order valence-electron chi connectivity index (χ1n) is 4.76. The highest BCUT2D eigenvalue weighted by atomic mass is 79.9. The van der Waals surface area contributed by atoms with Crippen LogP contribution in [-0.2, 0) is 0 Å². The molecule has 3 rings (SSSR count). The lowest BCUT2D eigenvalue weighted by Crippen LogP contribution is -1.91. The predicted molar refractivity (Wildman–Crippen MR) is 63.9 cm³/mol. The lowest BCUT2D eigenvalue weighted by atomic mass is 10.2. The average Bonchev–Trinajstić information content (AvgIpc) is 2.73. The molecule has 0 N–H and O–H groups in total. The van der Waals surface area contributed by atoms with Crippen molar-refractivity contribution < 1.29 is 0 Å². The van der Waals surface area contributed by atoms with Crippen molar-refractivity contribution in [3.05, 3.63) is 47.2 Å². The second-order valence-electron chi connectivity index (χ2n) is 3.33. The summed E-state index contributed by atoms with van der Waals surface area (Å²) in [4.78, 5) is 4.17. The minimum atomic E-state index is 0.599. The van der Waals surface area contributed by atoms with Gasteiger partial charge in [0.1, 0.15) is 0 Å². The highest BCUT2D eigenvalue weighted by Gasteiger charge is 2.07. The van der Waals surface area contributed by atoms with Gasteiger partial charge in [0, 0.05) is 18.0 Å². The number of rotatable bonds is 1. The summed E-state index contributed by atoms with van der Waals surface area (Å²) < 4.78 is 2.76. The van der Waals surface area contributed by atoms with E-state index in [0.29, 0.717) is 5.78 Å². The van der Waals surface area contributed by atoms with Crippen LogP contribution in [0.15, 0.2) is 47.2 Å². The Morgan fingerprint density at radius 2 is 1.88 bits per heavy atom. The number of hydrogen-bond donors (Lipinski definition) is 0. The van der Waals surface area contributed by atoms with Crippen molar-refractivity contribution in [1.82, 2.24) is 19.6 Å². The minimum Gasteiger partial charge on any atom is -0.265 e. The van der Waals surface area contributed by atoms with Gasteiger partial charge < -0.3 is 0 Å². The van der Waals surface area contributed by atoms with E-state index in [1.54, 1.807) is 6.20 Å². The maximum Gasteiger partial charge on any atom is 0.255 e. The maximum absolute atomic E-state index is 4.17. The second kappa shape index (κ2) is 3.68. The number of nitrogens with zero attached hydrogens (tertiary/aromatic N) is 4. The Labute approximate surface area is 100 Å². The molecular weight excluding hydrogens is 268 g/mol. The fourth-order valence-corrected chi connectivity index (χ4v) is 1.86. The van der Waals surface area contributed by atoms with Crippen LogP contribution in [0.5, 0.6) is 0 Å². The van der Waals surface area contributed by atoms with E-state index in [2.05, 4.69) is 31.1 Å². The number of fused-ring (bicyclic) bond motifs is 1. The first-order chi connectivity index (χ1) is 7.84. The van der Waals surface area contributed by atoms with Crippen LogP contribution in [0.3, 0.4) is 0 Å². The van der Waals surface area contributed by atoms with Gasteiger partial charge in [0.05, 0.1) is 4.47 Å². The number of halogens is 1. The van der Waals surface area contributed by atoms with Gasteiger partial charge in [0.2, 0.25) is 0 Å². The van der Waals surface area contributed by atoms with Gasteiger partial charge in [0.25, 0.3) is 5.78 Å². The van der Waals surface area contributed by atoms with Crippen molar-refractivity contribution in [1.29, 1.82) is 0 Å². The fourth-order valence-electron chi connectivity index (χ4n) is 1.55. The summed E-state index contributed by atoms with van der Waals surface area (Å²) in [5, 5.41) is 8.15. The van der Waals surface area contributed by atoms with Gasteiger partial charge in [-0.1, -0.05) is 30.3 Å². The molecular formula is C11H7BrN4. The molecule has 0 spiro atoms. The highest BCUT2D eigenvalue weighted by Crippen LogP contribution is 2.18. The first-order valence-corrected chi connectivity index (χ1v) is 5.55. The van der Waals surface area contributed by atoms with Crippen LogP contribution < -0.4 is 0 Å². The third-order valence-electron chi connectivity index (χ3n) is 2.27. The predicted octanol–water partition coefficient (Wildman–Crippen LogP) is 2.55. The van der Waals surface area contributed by atoms with E-state index in [9.17, 15) is 0 Å². The highest BCUT2D eigenvalue weighted by molar-refractivity contribution is 9.10. The number of hydrogen-bond acceptors (Lipinski definition) is 3. The molecule has 0 bridgehead atoms. The quantitative estimate of drug-likeness (QED) is 0.685. The standard InChI is InChI=1S/C11H7BrN4/c12-9-6-13-11-15-14-10(16(11)7-9)8-4-2-1-3-5-8/h1-7H. The van der Waals surface area contributed by atoms with E-state index in [-0.39, 0.29) is 0 Å². The van der Waals surface area contributed by atoms with E-state index in [1.165, 1.54) is 0 Å². The molecule has 0 amide bonds. The summed E-state index contributed by atoms with van der Waals surface area (Å²) in [5.41, 5.74) is 1.02. The minimum absolute atomic E-state index is 0.599. The fraction of sp³-hybridized carbons (Fsp3) is 0. The zero-order valence-corrected chi connectivity index (χ0v) is 9.79. The lowest BCUT2D eigenvalue weighted by molar-refractivity contribution is 1.09. The van der Waals surface area contributed by atoms with Gasteiger partial charge in [-0.3, -0.25) is 4.40 Å². The van der Waals surface area contributed by atoms with Crippen LogP contribution in [0, 0.1) is 0 Å². The van der Waals surface area contributed by atoms with Crippen LogP contribution >= 0.6 is 15.9 Å². The van der Waals surface area contributed by atoms with Gasteiger partial charge in [-0.05, 0) is 15.9 Å². The van der Waals surface area contributed by atoms with Crippen molar-refractivity contribution in [2.45, 2.75) is 0 Å².